The van der Waals surface area contributed by atoms with Crippen LogP contribution in [0.4, 0.5) is 0 Å². The number of unbranched alkanes of at least 4 members (excludes halogenated alkanes) is 2. The summed E-state index contributed by atoms with van der Waals surface area (Å²) in [5, 5.41) is 2.06. The maximum atomic E-state index is 12.8. The highest BCUT2D eigenvalue weighted by Crippen LogP contribution is 2.58. The van der Waals surface area contributed by atoms with Gasteiger partial charge >= 0.3 is 5.97 Å². The van der Waals surface area contributed by atoms with Gasteiger partial charge in [-0.25, -0.2) is 0 Å². The maximum absolute atomic E-state index is 12.8. The van der Waals surface area contributed by atoms with Gasteiger partial charge < -0.3 is 38.0 Å². The zero-order valence-electron chi connectivity index (χ0n) is 35.6. The van der Waals surface area contributed by atoms with Crippen LogP contribution in [-0.2, 0) is 39.7 Å². The van der Waals surface area contributed by atoms with Crippen molar-refractivity contribution in [3.63, 3.8) is 0 Å². The quantitative estimate of drug-likeness (QED) is 0.0432. The summed E-state index contributed by atoms with van der Waals surface area (Å²) >= 11 is 0. The van der Waals surface area contributed by atoms with Crippen molar-refractivity contribution in [2.45, 2.75) is 83.2 Å². The van der Waals surface area contributed by atoms with Crippen LogP contribution in [0, 0.1) is 0 Å². The molecule has 60 heavy (non-hydrogen) atoms. The molecule has 1 unspecified atom stereocenters. The lowest BCUT2D eigenvalue weighted by Crippen LogP contribution is -2.35. The Morgan fingerprint density at radius 2 is 1.30 bits per heavy atom. The highest BCUT2D eigenvalue weighted by molar-refractivity contribution is 6.08. The van der Waals surface area contributed by atoms with Crippen LogP contribution in [0.25, 0.3) is 28.0 Å². The number of Topliss-reactive ketones (excluding diaryl/α,β-unsaturated/α-hetero) is 1. The predicted molar refractivity (Wildman–Crippen MR) is 234 cm³/mol. The van der Waals surface area contributed by atoms with E-state index in [1.165, 1.54) is 0 Å². The van der Waals surface area contributed by atoms with E-state index < -0.39 is 17.0 Å². The van der Waals surface area contributed by atoms with Crippen LogP contribution in [0.15, 0.2) is 103 Å². The van der Waals surface area contributed by atoms with Gasteiger partial charge in [-0.1, -0.05) is 85.3 Å². The van der Waals surface area contributed by atoms with E-state index in [2.05, 4.69) is 55.5 Å². The number of esters is 1. The van der Waals surface area contributed by atoms with Crippen LogP contribution >= 0.6 is 0 Å². The molecule has 314 valence electrons. The number of rotatable bonds is 20. The van der Waals surface area contributed by atoms with Gasteiger partial charge in [-0.2, -0.15) is 0 Å². The van der Waals surface area contributed by atoms with Gasteiger partial charge in [0.25, 0.3) is 0 Å². The number of fused-ring (bicyclic) bond motifs is 8. The lowest BCUT2D eigenvalue weighted by atomic mass is 9.80. The lowest BCUT2D eigenvalue weighted by molar-refractivity contribution is -0.214. The van der Waals surface area contributed by atoms with Gasteiger partial charge in [0.05, 0.1) is 27.4 Å². The molecule has 2 aliphatic rings. The third-order valence-corrected chi connectivity index (χ3v) is 11.5. The van der Waals surface area contributed by atoms with Gasteiger partial charge in [0.1, 0.15) is 35.2 Å². The largest absolute Gasteiger partial charge is 0.497 e. The SMILES string of the molecule is COc1ccc(C2(c3ccc(OC)cc3)C=Cc3c4c(c5ccccc5c3O2)-c2ccccc2C4(C)OCCOC(=O)CCCOC(C)(C)OCCCCCC(C)=O)cc1. The molecule has 5 aromatic rings. The molecule has 0 saturated heterocycles. The van der Waals surface area contributed by atoms with Gasteiger partial charge in [-0.05, 0) is 99.4 Å². The van der Waals surface area contributed by atoms with Crippen LogP contribution in [0.2, 0.25) is 0 Å². The maximum Gasteiger partial charge on any atom is 0.305 e. The molecule has 7 rings (SSSR count). The minimum atomic E-state index is -0.967. The van der Waals surface area contributed by atoms with E-state index >= 15 is 0 Å². The van der Waals surface area contributed by atoms with Gasteiger partial charge in [0, 0.05) is 47.1 Å². The fraction of sp³-hybridized carbons (Fsp3) is 0.373. The van der Waals surface area contributed by atoms with Crippen molar-refractivity contribution in [2.75, 3.05) is 40.6 Å². The second-order valence-electron chi connectivity index (χ2n) is 16.0. The van der Waals surface area contributed by atoms with Gasteiger partial charge in [0.2, 0.25) is 0 Å². The molecule has 9 nitrogen and oxygen atoms in total. The van der Waals surface area contributed by atoms with E-state index in [1.807, 2.05) is 74.5 Å². The van der Waals surface area contributed by atoms with Crippen LogP contribution in [-0.4, -0.2) is 58.2 Å². The molecule has 0 N–H and O–H groups in total. The average molecular weight is 813 g/mol. The molecule has 5 aromatic carbocycles. The van der Waals surface area contributed by atoms with Crippen LogP contribution in [0.5, 0.6) is 17.2 Å². The van der Waals surface area contributed by atoms with Crippen molar-refractivity contribution in [1.29, 1.82) is 0 Å². The molecule has 0 radical (unpaired) electrons. The number of hydrogen-bond acceptors (Lipinski definition) is 9. The van der Waals surface area contributed by atoms with E-state index in [1.54, 1.807) is 21.1 Å². The van der Waals surface area contributed by atoms with E-state index in [-0.39, 0.29) is 31.4 Å². The summed E-state index contributed by atoms with van der Waals surface area (Å²) < 4.78 is 42.8. The lowest BCUT2D eigenvalue weighted by Gasteiger charge is -2.39. The third kappa shape index (κ3) is 8.85. The van der Waals surface area contributed by atoms with Crippen molar-refractivity contribution in [1.82, 2.24) is 0 Å². The molecular formula is C51H56O9. The first-order valence-electron chi connectivity index (χ1n) is 20.9. The Morgan fingerprint density at radius 1 is 0.683 bits per heavy atom. The molecule has 0 fully saturated rings. The summed E-state index contributed by atoms with van der Waals surface area (Å²) in [7, 11) is 3.32. The van der Waals surface area contributed by atoms with Crippen LogP contribution < -0.4 is 14.2 Å². The first kappa shape index (κ1) is 42.6. The van der Waals surface area contributed by atoms with Crippen LogP contribution in [0.3, 0.4) is 0 Å². The molecule has 1 aliphatic heterocycles. The summed E-state index contributed by atoms with van der Waals surface area (Å²) in [6.07, 6.45) is 8.31. The number of ether oxygens (including phenoxy) is 7. The Balaban J connectivity index is 1.09. The smallest absolute Gasteiger partial charge is 0.305 e. The normalized spacial score (nSPS) is 16.1. The van der Waals surface area contributed by atoms with E-state index in [4.69, 9.17) is 33.2 Å². The molecular weight excluding hydrogens is 757 g/mol. The van der Waals surface area contributed by atoms with E-state index in [0.29, 0.717) is 26.1 Å². The fourth-order valence-electron chi connectivity index (χ4n) is 8.44. The van der Waals surface area contributed by atoms with Crippen molar-refractivity contribution in [3.05, 3.63) is 131 Å². The monoisotopic (exact) mass is 812 g/mol. The second kappa shape index (κ2) is 18.4. The third-order valence-electron chi connectivity index (χ3n) is 11.5. The van der Waals surface area contributed by atoms with E-state index in [0.717, 1.165) is 86.2 Å². The number of carbonyl (C=O) groups excluding carboxylic acids is 2. The summed E-state index contributed by atoms with van der Waals surface area (Å²) in [4.78, 5) is 24.0. The number of ketones is 1. The number of hydrogen-bond donors (Lipinski definition) is 0. The predicted octanol–water partition coefficient (Wildman–Crippen LogP) is 10.7. The van der Waals surface area contributed by atoms with Gasteiger partial charge in [0.15, 0.2) is 11.4 Å². The second-order valence-corrected chi connectivity index (χ2v) is 16.0. The van der Waals surface area contributed by atoms with Crippen molar-refractivity contribution < 1.29 is 42.7 Å². The standard InChI is InChI=1S/C51H56O9/c1-35(52)15-8-7-13-31-57-49(2,3)58-32-14-20-45(53)56-33-34-59-50(4)44-19-12-11-18-42(44)46-40-16-9-10-17-41(40)48-43(47(46)50)29-30-51(60-48,36-21-25-38(54-5)26-22-36)37-23-27-39(55-6)28-24-37/h9-12,16-19,21-30H,7-8,13-15,20,31-34H2,1-6H3. The van der Waals surface area contributed by atoms with Crippen molar-refractivity contribution >= 4 is 28.6 Å². The van der Waals surface area contributed by atoms with Gasteiger partial charge in [-0.15, -0.1) is 0 Å². The molecule has 1 heterocycles. The summed E-state index contributed by atoms with van der Waals surface area (Å²) in [5.74, 6) is 1.41. The minimum Gasteiger partial charge on any atom is -0.497 e. The molecule has 0 saturated carbocycles. The van der Waals surface area contributed by atoms with E-state index in [9.17, 15) is 9.59 Å². The molecule has 0 bridgehead atoms. The number of carbonyl (C=O) groups is 2. The number of benzene rings is 5. The minimum absolute atomic E-state index is 0.102. The Hall–Kier alpha value is -5.48. The highest BCUT2D eigenvalue weighted by atomic mass is 16.7. The molecule has 9 heteroatoms. The van der Waals surface area contributed by atoms with Crippen molar-refractivity contribution in [2.24, 2.45) is 0 Å². The summed E-state index contributed by atoms with van der Waals surface area (Å²) in [5.41, 5.74) is 5.24. The fourth-order valence-corrected chi connectivity index (χ4v) is 8.44. The van der Waals surface area contributed by atoms with Crippen LogP contribution in [0.1, 0.15) is 94.0 Å². The summed E-state index contributed by atoms with van der Waals surface area (Å²) in [6.45, 7) is 8.67. The average Bonchev–Trinajstić information content (AvgIpc) is 3.53. The Morgan fingerprint density at radius 3 is 1.95 bits per heavy atom. The molecule has 0 spiro atoms. The molecule has 1 atom stereocenters. The first-order chi connectivity index (χ1) is 29.0. The zero-order valence-corrected chi connectivity index (χ0v) is 35.6. The van der Waals surface area contributed by atoms with Gasteiger partial charge in [-0.3, -0.25) is 4.79 Å². The Bertz CT molecular complexity index is 2280. The molecule has 1 aliphatic carbocycles. The number of methoxy groups -OCH3 is 2. The Kier molecular flexibility index (Phi) is 13.1. The molecule has 0 aromatic heterocycles. The molecule has 0 amide bonds. The topological polar surface area (TPSA) is 98.8 Å². The highest BCUT2D eigenvalue weighted by Gasteiger charge is 2.47. The first-order valence-corrected chi connectivity index (χ1v) is 20.9. The summed E-state index contributed by atoms with van der Waals surface area (Å²) in [6, 6.07) is 32.8. The van der Waals surface area contributed by atoms with Crippen molar-refractivity contribution in [3.8, 4) is 28.4 Å². The zero-order chi connectivity index (χ0) is 42.3. The Labute approximate surface area is 353 Å².